The largest absolute Gasteiger partial charge is 0.477 e. The SMILES string of the molecule is CN(C)CCCOc1cnc(CNC(C)(C)C)cn1. The third-order valence-electron chi connectivity index (χ3n) is 2.48. The molecular weight excluding hydrogens is 240 g/mol. The zero-order valence-corrected chi connectivity index (χ0v) is 12.7. The smallest absolute Gasteiger partial charge is 0.232 e. The Labute approximate surface area is 116 Å². The lowest BCUT2D eigenvalue weighted by atomic mass is 10.1. The van der Waals surface area contributed by atoms with Gasteiger partial charge in [0.25, 0.3) is 0 Å². The lowest BCUT2D eigenvalue weighted by Crippen LogP contribution is -2.35. The van der Waals surface area contributed by atoms with Gasteiger partial charge in [-0.2, -0.15) is 0 Å². The molecule has 108 valence electrons. The number of aromatic nitrogens is 2. The Kier molecular flexibility index (Phi) is 6.18. The van der Waals surface area contributed by atoms with Gasteiger partial charge in [-0.1, -0.05) is 0 Å². The van der Waals surface area contributed by atoms with E-state index < -0.39 is 0 Å². The van der Waals surface area contributed by atoms with E-state index in [-0.39, 0.29) is 5.54 Å². The van der Waals surface area contributed by atoms with Crippen LogP contribution >= 0.6 is 0 Å². The van der Waals surface area contributed by atoms with E-state index in [1.165, 1.54) is 0 Å². The summed E-state index contributed by atoms with van der Waals surface area (Å²) in [7, 11) is 4.10. The third kappa shape index (κ3) is 7.74. The molecule has 0 aliphatic carbocycles. The van der Waals surface area contributed by atoms with Gasteiger partial charge in [0.05, 0.1) is 24.7 Å². The first-order chi connectivity index (χ1) is 8.87. The van der Waals surface area contributed by atoms with Gasteiger partial charge in [-0.05, 0) is 41.3 Å². The molecule has 0 radical (unpaired) electrons. The normalized spacial score (nSPS) is 11.9. The Hall–Kier alpha value is -1.20. The van der Waals surface area contributed by atoms with Crippen LogP contribution in [0.4, 0.5) is 0 Å². The number of nitrogens with one attached hydrogen (secondary N) is 1. The molecule has 1 aromatic heterocycles. The van der Waals surface area contributed by atoms with Crippen LogP contribution in [0, 0.1) is 0 Å². The van der Waals surface area contributed by atoms with E-state index in [1.807, 2.05) is 0 Å². The van der Waals surface area contributed by atoms with Gasteiger partial charge in [0, 0.05) is 18.6 Å². The van der Waals surface area contributed by atoms with Crippen molar-refractivity contribution in [3.05, 3.63) is 18.1 Å². The van der Waals surface area contributed by atoms with Crippen molar-refractivity contribution >= 4 is 0 Å². The van der Waals surface area contributed by atoms with E-state index in [1.54, 1.807) is 12.4 Å². The Morgan fingerprint density at radius 3 is 2.47 bits per heavy atom. The molecular formula is C14H26N4O. The van der Waals surface area contributed by atoms with Crippen LogP contribution in [0.25, 0.3) is 0 Å². The van der Waals surface area contributed by atoms with E-state index in [0.717, 1.165) is 25.2 Å². The summed E-state index contributed by atoms with van der Waals surface area (Å²) < 4.78 is 5.54. The molecule has 0 atom stereocenters. The van der Waals surface area contributed by atoms with Crippen LogP contribution in [0.2, 0.25) is 0 Å². The summed E-state index contributed by atoms with van der Waals surface area (Å²) in [5.41, 5.74) is 1.01. The minimum atomic E-state index is 0.0863. The van der Waals surface area contributed by atoms with Gasteiger partial charge in [0.1, 0.15) is 0 Å². The highest BCUT2D eigenvalue weighted by molar-refractivity contribution is 5.07. The summed E-state index contributed by atoms with van der Waals surface area (Å²) in [5.74, 6) is 0.596. The fourth-order valence-electron chi connectivity index (χ4n) is 1.42. The van der Waals surface area contributed by atoms with E-state index in [0.29, 0.717) is 12.5 Å². The number of hydrogen-bond donors (Lipinski definition) is 1. The molecule has 1 aromatic rings. The Morgan fingerprint density at radius 2 is 1.95 bits per heavy atom. The van der Waals surface area contributed by atoms with Gasteiger partial charge in [-0.3, -0.25) is 4.98 Å². The van der Waals surface area contributed by atoms with Gasteiger partial charge in [-0.15, -0.1) is 0 Å². The lowest BCUT2D eigenvalue weighted by Gasteiger charge is -2.19. The Bertz CT molecular complexity index is 357. The van der Waals surface area contributed by atoms with Crippen LogP contribution in [0.1, 0.15) is 32.9 Å². The number of ether oxygens (including phenoxy) is 1. The minimum absolute atomic E-state index is 0.0863. The molecule has 0 unspecified atom stereocenters. The average Bonchev–Trinajstić information content (AvgIpc) is 2.32. The predicted octanol–water partition coefficient (Wildman–Crippen LogP) is 1.70. The van der Waals surface area contributed by atoms with Gasteiger partial charge >= 0.3 is 0 Å². The molecule has 1 heterocycles. The molecule has 0 saturated heterocycles. The second-order valence-electron chi connectivity index (χ2n) is 5.95. The van der Waals surface area contributed by atoms with Crippen molar-refractivity contribution in [1.29, 1.82) is 0 Å². The molecule has 0 aliphatic heterocycles. The van der Waals surface area contributed by atoms with Gasteiger partial charge in [0.2, 0.25) is 5.88 Å². The molecule has 5 nitrogen and oxygen atoms in total. The zero-order valence-electron chi connectivity index (χ0n) is 12.7. The quantitative estimate of drug-likeness (QED) is 0.761. The average molecular weight is 266 g/mol. The van der Waals surface area contributed by atoms with E-state index in [9.17, 15) is 0 Å². The Balaban J connectivity index is 2.31. The molecule has 0 amide bonds. The number of hydrogen-bond acceptors (Lipinski definition) is 5. The maximum atomic E-state index is 5.54. The number of nitrogens with zero attached hydrogens (tertiary/aromatic N) is 3. The summed E-state index contributed by atoms with van der Waals surface area (Å²) >= 11 is 0. The molecule has 0 aliphatic rings. The lowest BCUT2D eigenvalue weighted by molar-refractivity contribution is 0.272. The molecule has 5 heteroatoms. The van der Waals surface area contributed by atoms with Crippen molar-refractivity contribution in [1.82, 2.24) is 20.2 Å². The van der Waals surface area contributed by atoms with Crippen LogP contribution in [-0.4, -0.2) is 47.7 Å². The van der Waals surface area contributed by atoms with Crippen LogP contribution in [-0.2, 0) is 6.54 Å². The molecule has 0 spiro atoms. The Morgan fingerprint density at radius 1 is 1.21 bits per heavy atom. The van der Waals surface area contributed by atoms with E-state index in [2.05, 4.69) is 55.1 Å². The number of rotatable bonds is 7. The highest BCUT2D eigenvalue weighted by Gasteiger charge is 2.09. The van der Waals surface area contributed by atoms with Crippen molar-refractivity contribution in [2.24, 2.45) is 0 Å². The first-order valence-corrected chi connectivity index (χ1v) is 6.70. The second-order valence-corrected chi connectivity index (χ2v) is 5.95. The molecule has 1 N–H and O–H groups in total. The summed E-state index contributed by atoms with van der Waals surface area (Å²) in [4.78, 5) is 10.7. The van der Waals surface area contributed by atoms with Gasteiger partial charge < -0.3 is 15.0 Å². The monoisotopic (exact) mass is 266 g/mol. The second kappa shape index (κ2) is 7.40. The van der Waals surface area contributed by atoms with Crippen LogP contribution in [0.3, 0.4) is 0 Å². The summed E-state index contributed by atoms with van der Waals surface area (Å²) in [6.07, 6.45) is 4.44. The zero-order chi connectivity index (χ0) is 14.3. The van der Waals surface area contributed by atoms with Gasteiger partial charge in [-0.25, -0.2) is 4.98 Å². The minimum Gasteiger partial charge on any atom is -0.477 e. The molecule has 0 saturated carbocycles. The maximum absolute atomic E-state index is 5.54. The standard InChI is InChI=1S/C14H26N4O/c1-14(2,3)17-10-12-9-16-13(11-15-12)19-8-6-7-18(4)5/h9,11,17H,6-8,10H2,1-5H3. The summed E-state index contributed by atoms with van der Waals surface area (Å²) in [6.45, 7) is 8.79. The molecule has 1 rings (SSSR count). The topological polar surface area (TPSA) is 50.3 Å². The van der Waals surface area contributed by atoms with Crippen LogP contribution in [0.15, 0.2) is 12.4 Å². The van der Waals surface area contributed by atoms with E-state index >= 15 is 0 Å². The summed E-state index contributed by atoms with van der Waals surface area (Å²) in [6, 6.07) is 0. The van der Waals surface area contributed by atoms with Crippen molar-refractivity contribution in [2.75, 3.05) is 27.2 Å². The first-order valence-electron chi connectivity index (χ1n) is 6.70. The van der Waals surface area contributed by atoms with Crippen molar-refractivity contribution < 1.29 is 4.74 Å². The fraction of sp³-hybridized carbons (Fsp3) is 0.714. The molecule has 0 aromatic carbocycles. The first kappa shape index (κ1) is 15.9. The highest BCUT2D eigenvalue weighted by Crippen LogP contribution is 2.06. The summed E-state index contributed by atoms with van der Waals surface area (Å²) in [5, 5.41) is 3.37. The van der Waals surface area contributed by atoms with Crippen molar-refractivity contribution in [2.45, 2.75) is 39.3 Å². The van der Waals surface area contributed by atoms with Crippen molar-refractivity contribution in [3.8, 4) is 5.88 Å². The van der Waals surface area contributed by atoms with Crippen LogP contribution < -0.4 is 10.1 Å². The predicted molar refractivity (Wildman–Crippen MR) is 77.3 cm³/mol. The maximum Gasteiger partial charge on any atom is 0.232 e. The highest BCUT2D eigenvalue weighted by atomic mass is 16.5. The molecule has 19 heavy (non-hydrogen) atoms. The van der Waals surface area contributed by atoms with E-state index in [4.69, 9.17) is 4.74 Å². The molecule has 0 fully saturated rings. The van der Waals surface area contributed by atoms with Crippen molar-refractivity contribution in [3.63, 3.8) is 0 Å². The van der Waals surface area contributed by atoms with Crippen LogP contribution in [0.5, 0.6) is 5.88 Å². The third-order valence-corrected chi connectivity index (χ3v) is 2.48. The van der Waals surface area contributed by atoms with Gasteiger partial charge in [0.15, 0.2) is 0 Å². The fourth-order valence-corrected chi connectivity index (χ4v) is 1.42. The molecule has 0 bridgehead atoms.